The molecule has 8 nitrogen and oxygen atoms in total. The number of amides is 2. The van der Waals surface area contributed by atoms with Gasteiger partial charge in [0, 0.05) is 19.1 Å². The van der Waals surface area contributed by atoms with Gasteiger partial charge >= 0.3 is 6.03 Å². The predicted molar refractivity (Wildman–Crippen MR) is 101 cm³/mol. The molecule has 0 aromatic heterocycles. The fourth-order valence-corrected chi connectivity index (χ4v) is 4.72. The van der Waals surface area contributed by atoms with Crippen molar-refractivity contribution in [2.24, 2.45) is 0 Å². The first-order chi connectivity index (χ1) is 12.9. The smallest absolute Gasteiger partial charge is 0.317 e. The number of piperidine rings is 1. The lowest BCUT2D eigenvalue weighted by Crippen LogP contribution is -2.50. The molecular weight excluding hydrogens is 370 g/mol. The first-order valence-corrected chi connectivity index (χ1v) is 11.0. The number of hydrogen-bond acceptors (Lipinski definition) is 5. The lowest BCUT2D eigenvalue weighted by atomic mass is 10.1. The minimum absolute atomic E-state index is 0.100. The fraction of sp³-hybridized carbons (Fsp3) is 0.611. The van der Waals surface area contributed by atoms with Crippen molar-refractivity contribution in [3.05, 3.63) is 23.8 Å². The summed E-state index contributed by atoms with van der Waals surface area (Å²) in [7, 11) is -3.22. The van der Waals surface area contributed by atoms with Gasteiger partial charge in [0.25, 0.3) is 0 Å². The van der Waals surface area contributed by atoms with Gasteiger partial charge in [0.2, 0.25) is 16.8 Å². The van der Waals surface area contributed by atoms with Crippen LogP contribution in [-0.4, -0.2) is 51.0 Å². The number of carbonyl (C=O) groups is 1. The molecule has 0 aliphatic carbocycles. The van der Waals surface area contributed by atoms with E-state index in [1.165, 1.54) is 0 Å². The first kappa shape index (κ1) is 19.8. The average molecular weight is 397 g/mol. The number of hydrogen-bond donors (Lipinski definition) is 2. The monoisotopic (exact) mass is 397 g/mol. The maximum absolute atomic E-state index is 12.5. The van der Waals surface area contributed by atoms with Crippen molar-refractivity contribution in [1.82, 2.24) is 14.9 Å². The van der Waals surface area contributed by atoms with Crippen LogP contribution in [0.4, 0.5) is 4.79 Å². The second-order valence-electron chi connectivity index (χ2n) is 6.98. The lowest BCUT2D eigenvalue weighted by molar-refractivity contribution is 0.173. The zero-order valence-corrected chi connectivity index (χ0v) is 16.5. The van der Waals surface area contributed by atoms with Crippen LogP contribution in [0.2, 0.25) is 0 Å². The third-order valence-corrected chi connectivity index (χ3v) is 6.48. The number of likely N-dealkylation sites (tertiary alicyclic amines) is 1. The van der Waals surface area contributed by atoms with Gasteiger partial charge in [0.1, 0.15) is 0 Å². The van der Waals surface area contributed by atoms with E-state index in [2.05, 4.69) is 10.0 Å². The summed E-state index contributed by atoms with van der Waals surface area (Å²) in [6.07, 6.45) is 1.83. The highest BCUT2D eigenvalue weighted by Gasteiger charge is 2.26. The van der Waals surface area contributed by atoms with Crippen LogP contribution in [0.25, 0.3) is 0 Å². The summed E-state index contributed by atoms with van der Waals surface area (Å²) in [5.74, 6) is 1.54. The summed E-state index contributed by atoms with van der Waals surface area (Å²) >= 11 is 0. The molecule has 0 bridgehead atoms. The quantitative estimate of drug-likeness (QED) is 0.765. The third-order valence-electron chi connectivity index (χ3n) is 4.84. The van der Waals surface area contributed by atoms with E-state index in [1.807, 2.05) is 32.0 Å². The molecular formula is C18H27N3O5S. The number of rotatable bonds is 6. The normalized spacial score (nSPS) is 18.4. The van der Waals surface area contributed by atoms with Crippen LogP contribution < -0.4 is 19.5 Å². The molecule has 1 unspecified atom stereocenters. The van der Waals surface area contributed by atoms with E-state index in [-0.39, 0.29) is 30.7 Å². The van der Waals surface area contributed by atoms with Crippen LogP contribution in [-0.2, 0) is 10.0 Å². The van der Waals surface area contributed by atoms with Gasteiger partial charge in [0.05, 0.1) is 11.8 Å². The maximum Gasteiger partial charge on any atom is 0.317 e. The number of nitrogens with zero attached hydrogens (tertiary/aromatic N) is 1. The molecule has 0 saturated carbocycles. The molecule has 0 spiro atoms. The van der Waals surface area contributed by atoms with E-state index < -0.39 is 10.0 Å². The largest absolute Gasteiger partial charge is 0.454 e. The molecule has 1 aromatic rings. The minimum atomic E-state index is -3.22. The highest BCUT2D eigenvalue weighted by molar-refractivity contribution is 7.89. The van der Waals surface area contributed by atoms with Gasteiger partial charge in [-0.05, 0) is 43.9 Å². The molecule has 2 amide bonds. The van der Waals surface area contributed by atoms with Crippen molar-refractivity contribution in [3.8, 4) is 11.5 Å². The molecule has 2 heterocycles. The standard InChI is InChI=1S/C18H27N3O5S/c1-3-10-27(23,24)20-15-6-8-21(9-7-15)18(22)19-13(2)14-4-5-16-17(11-14)26-12-25-16/h4-5,11,13,15,20H,3,6-10,12H2,1-2H3,(H,19,22). The SMILES string of the molecule is CCCS(=O)(=O)NC1CCN(C(=O)NC(C)c2ccc3c(c2)OCO3)CC1. The third kappa shape index (κ3) is 5.04. The van der Waals surface area contributed by atoms with Crippen molar-refractivity contribution < 1.29 is 22.7 Å². The van der Waals surface area contributed by atoms with Crippen LogP contribution in [0.3, 0.4) is 0 Å². The molecule has 2 aliphatic rings. The predicted octanol–water partition coefficient (Wildman–Crippen LogP) is 1.98. The molecule has 2 N–H and O–H groups in total. The summed E-state index contributed by atoms with van der Waals surface area (Å²) in [6, 6.07) is 5.21. The summed E-state index contributed by atoms with van der Waals surface area (Å²) in [5.41, 5.74) is 0.940. The molecule has 1 aromatic carbocycles. The second-order valence-corrected chi connectivity index (χ2v) is 8.86. The van der Waals surface area contributed by atoms with Gasteiger partial charge in [-0.15, -0.1) is 0 Å². The van der Waals surface area contributed by atoms with E-state index in [0.29, 0.717) is 43.9 Å². The van der Waals surface area contributed by atoms with Crippen LogP contribution in [0.15, 0.2) is 18.2 Å². The van der Waals surface area contributed by atoms with Gasteiger partial charge in [-0.25, -0.2) is 17.9 Å². The molecule has 2 aliphatic heterocycles. The Morgan fingerprint density at radius 2 is 1.96 bits per heavy atom. The van der Waals surface area contributed by atoms with Crippen LogP contribution >= 0.6 is 0 Å². The number of sulfonamides is 1. The summed E-state index contributed by atoms with van der Waals surface area (Å²) in [4.78, 5) is 14.3. The van der Waals surface area contributed by atoms with Gasteiger partial charge in [-0.1, -0.05) is 13.0 Å². The summed E-state index contributed by atoms with van der Waals surface area (Å²) in [5, 5.41) is 2.99. The molecule has 150 valence electrons. The Balaban J connectivity index is 1.49. The van der Waals surface area contributed by atoms with Crippen molar-refractivity contribution in [1.29, 1.82) is 0 Å². The van der Waals surface area contributed by atoms with E-state index >= 15 is 0 Å². The van der Waals surface area contributed by atoms with Gasteiger partial charge < -0.3 is 19.7 Å². The topological polar surface area (TPSA) is 97.0 Å². The highest BCUT2D eigenvalue weighted by atomic mass is 32.2. The van der Waals surface area contributed by atoms with Crippen molar-refractivity contribution in [3.63, 3.8) is 0 Å². The van der Waals surface area contributed by atoms with E-state index in [9.17, 15) is 13.2 Å². The molecule has 1 atom stereocenters. The fourth-order valence-electron chi connectivity index (χ4n) is 3.32. The Hall–Kier alpha value is -2.00. The molecule has 0 radical (unpaired) electrons. The van der Waals surface area contributed by atoms with Gasteiger partial charge in [-0.2, -0.15) is 0 Å². The van der Waals surface area contributed by atoms with Crippen LogP contribution in [0, 0.1) is 0 Å². The van der Waals surface area contributed by atoms with Gasteiger partial charge in [0.15, 0.2) is 11.5 Å². The number of urea groups is 1. The summed E-state index contributed by atoms with van der Waals surface area (Å²) < 4.78 is 37.2. The van der Waals surface area contributed by atoms with Crippen LogP contribution in [0.1, 0.15) is 44.7 Å². The average Bonchev–Trinajstić information content (AvgIpc) is 3.09. The number of carbonyl (C=O) groups excluding carboxylic acids is 1. The van der Waals surface area contributed by atoms with Gasteiger partial charge in [-0.3, -0.25) is 0 Å². The minimum Gasteiger partial charge on any atom is -0.454 e. The molecule has 3 rings (SSSR count). The van der Waals surface area contributed by atoms with E-state index in [0.717, 1.165) is 5.56 Å². The Labute approximate surface area is 160 Å². The number of nitrogens with one attached hydrogen (secondary N) is 2. The number of ether oxygens (including phenoxy) is 2. The molecule has 27 heavy (non-hydrogen) atoms. The maximum atomic E-state index is 12.5. The first-order valence-electron chi connectivity index (χ1n) is 9.33. The lowest BCUT2D eigenvalue weighted by Gasteiger charge is -2.33. The Morgan fingerprint density at radius 1 is 1.26 bits per heavy atom. The second kappa shape index (κ2) is 8.35. The van der Waals surface area contributed by atoms with Crippen LogP contribution in [0.5, 0.6) is 11.5 Å². The number of fused-ring (bicyclic) bond motifs is 1. The van der Waals surface area contributed by atoms with Crippen molar-refractivity contribution in [2.75, 3.05) is 25.6 Å². The number of benzene rings is 1. The highest BCUT2D eigenvalue weighted by Crippen LogP contribution is 2.34. The molecule has 9 heteroatoms. The zero-order valence-electron chi connectivity index (χ0n) is 15.7. The van der Waals surface area contributed by atoms with E-state index in [1.54, 1.807) is 4.90 Å². The molecule has 1 saturated heterocycles. The Bertz CT molecular complexity index is 775. The zero-order chi connectivity index (χ0) is 19.4. The Kier molecular flexibility index (Phi) is 6.11. The van der Waals surface area contributed by atoms with Crippen molar-refractivity contribution >= 4 is 16.1 Å². The Morgan fingerprint density at radius 3 is 2.67 bits per heavy atom. The van der Waals surface area contributed by atoms with E-state index in [4.69, 9.17) is 9.47 Å². The molecule has 1 fully saturated rings. The van der Waals surface area contributed by atoms with Crippen molar-refractivity contribution in [2.45, 2.75) is 45.2 Å². The summed E-state index contributed by atoms with van der Waals surface area (Å²) in [6.45, 7) is 5.03.